The highest BCUT2D eigenvalue weighted by atomic mass is 79.9. The monoisotopic (exact) mass is 307 g/mol. The molecule has 2 nitrogen and oxygen atoms in total. The minimum atomic E-state index is -0.642. The van der Waals surface area contributed by atoms with Crippen LogP contribution in [0.3, 0.4) is 0 Å². The molecule has 0 aliphatic heterocycles. The first-order valence-electron chi connectivity index (χ1n) is 6.33. The van der Waals surface area contributed by atoms with Crippen LogP contribution in [0.25, 0.3) is 0 Å². The molecule has 0 rings (SSSR count). The quantitative estimate of drug-likeness (QED) is 0.730. The Balaban J connectivity index is 4.59. The van der Waals surface area contributed by atoms with E-state index in [1.807, 2.05) is 13.8 Å². The van der Waals surface area contributed by atoms with E-state index in [4.69, 9.17) is 0 Å². The second kappa shape index (κ2) is 5.18. The normalized spacial score (nSPS) is 15.2. The van der Waals surface area contributed by atoms with E-state index in [1.54, 1.807) is 0 Å². The predicted octanol–water partition coefficient (Wildman–Crippen LogP) is 3.86. The summed E-state index contributed by atoms with van der Waals surface area (Å²) in [7, 11) is 0. The van der Waals surface area contributed by atoms with Crippen LogP contribution in [0, 0.1) is 0 Å². The van der Waals surface area contributed by atoms with Crippen molar-refractivity contribution in [2.24, 2.45) is 0 Å². The number of nitrogens with one attached hydrogen (secondary N) is 1. The van der Waals surface area contributed by atoms with Crippen LogP contribution in [0.4, 0.5) is 0 Å². The van der Waals surface area contributed by atoms with E-state index in [9.17, 15) is 5.11 Å². The Morgan fingerprint density at radius 2 is 1.18 bits per heavy atom. The van der Waals surface area contributed by atoms with Gasteiger partial charge < -0.3 is 10.4 Å². The van der Waals surface area contributed by atoms with E-state index in [0.717, 1.165) is 12.8 Å². The summed E-state index contributed by atoms with van der Waals surface area (Å²) in [6.07, 6.45) is 1.75. The van der Waals surface area contributed by atoms with Gasteiger partial charge in [-0.1, -0.05) is 15.9 Å². The molecule has 0 atom stereocenters. The van der Waals surface area contributed by atoms with Crippen LogP contribution < -0.4 is 5.32 Å². The molecule has 0 aromatic carbocycles. The molecule has 0 fully saturated rings. The second-order valence-electron chi connectivity index (χ2n) is 7.78. The minimum absolute atomic E-state index is 0.0295. The highest BCUT2D eigenvalue weighted by Crippen LogP contribution is 2.30. The lowest BCUT2D eigenvalue weighted by atomic mass is 9.84. The van der Waals surface area contributed by atoms with Crippen molar-refractivity contribution in [3.05, 3.63) is 0 Å². The topological polar surface area (TPSA) is 32.3 Å². The summed E-state index contributed by atoms with van der Waals surface area (Å²) in [6.45, 7) is 16.8. The molecule has 17 heavy (non-hydrogen) atoms. The highest BCUT2D eigenvalue weighted by Gasteiger charge is 2.34. The van der Waals surface area contributed by atoms with Gasteiger partial charge in [-0.25, -0.2) is 0 Å². The van der Waals surface area contributed by atoms with Gasteiger partial charge in [0.25, 0.3) is 0 Å². The summed E-state index contributed by atoms with van der Waals surface area (Å²) in [5.41, 5.74) is -0.696. The molecule has 0 saturated heterocycles. The molecule has 0 unspecified atom stereocenters. The molecule has 0 aromatic rings. The number of hydrogen-bond donors (Lipinski definition) is 2. The van der Waals surface area contributed by atoms with Crippen molar-refractivity contribution >= 4 is 15.9 Å². The number of halogens is 1. The van der Waals surface area contributed by atoms with Crippen molar-refractivity contribution in [1.29, 1.82) is 0 Å². The molecule has 0 aliphatic rings. The fourth-order valence-electron chi connectivity index (χ4n) is 3.14. The summed E-state index contributed by atoms with van der Waals surface area (Å²) in [5, 5.41) is 13.6. The Bertz CT molecular complexity index is 220. The number of alkyl halides is 1. The standard InChI is InChI=1S/C14H30BrNO/c1-11(2,15)9-12(3,4)16-13(5,6)10-14(7,8)17/h16-17H,9-10H2,1-8H3. The van der Waals surface area contributed by atoms with E-state index in [-0.39, 0.29) is 15.4 Å². The molecule has 104 valence electrons. The van der Waals surface area contributed by atoms with Crippen LogP contribution in [-0.2, 0) is 0 Å². The zero-order valence-corrected chi connectivity index (χ0v) is 14.3. The van der Waals surface area contributed by atoms with Crippen LogP contribution in [0.5, 0.6) is 0 Å². The zero-order chi connectivity index (χ0) is 14.1. The van der Waals surface area contributed by atoms with Crippen molar-refractivity contribution in [3.8, 4) is 0 Å². The van der Waals surface area contributed by atoms with Crippen molar-refractivity contribution < 1.29 is 5.11 Å². The average molecular weight is 308 g/mol. The molecule has 2 N–H and O–H groups in total. The van der Waals surface area contributed by atoms with Crippen LogP contribution in [0.1, 0.15) is 68.2 Å². The van der Waals surface area contributed by atoms with Crippen molar-refractivity contribution in [2.75, 3.05) is 0 Å². The summed E-state index contributed by atoms with van der Waals surface area (Å²) in [4.78, 5) is 0. The van der Waals surface area contributed by atoms with Crippen LogP contribution >= 0.6 is 15.9 Å². The summed E-state index contributed by atoms with van der Waals surface area (Å²) in [5.74, 6) is 0. The Morgan fingerprint density at radius 1 is 0.824 bits per heavy atom. The zero-order valence-electron chi connectivity index (χ0n) is 12.7. The fraction of sp³-hybridized carbons (Fsp3) is 1.00. The number of aliphatic hydroxyl groups is 1. The van der Waals surface area contributed by atoms with Gasteiger partial charge in [-0.3, -0.25) is 0 Å². The molecule has 0 aromatic heterocycles. The summed E-state index contributed by atoms with van der Waals surface area (Å²) >= 11 is 3.69. The van der Waals surface area contributed by atoms with E-state index < -0.39 is 5.60 Å². The molecular weight excluding hydrogens is 278 g/mol. The lowest BCUT2D eigenvalue weighted by Gasteiger charge is -2.42. The molecule has 0 spiro atoms. The maximum absolute atomic E-state index is 9.93. The fourth-order valence-corrected chi connectivity index (χ4v) is 3.84. The molecule has 0 aliphatic carbocycles. The lowest BCUT2D eigenvalue weighted by Crippen LogP contribution is -2.55. The second-order valence-corrected chi connectivity index (χ2v) is 9.92. The van der Waals surface area contributed by atoms with Crippen LogP contribution in [-0.4, -0.2) is 26.1 Å². The largest absolute Gasteiger partial charge is 0.390 e. The lowest BCUT2D eigenvalue weighted by molar-refractivity contribution is 0.0366. The maximum atomic E-state index is 9.93. The summed E-state index contributed by atoms with van der Waals surface area (Å²) < 4.78 is 0.119. The third-order valence-corrected chi connectivity index (χ3v) is 2.69. The molecular formula is C14H30BrNO. The van der Waals surface area contributed by atoms with Crippen molar-refractivity contribution in [3.63, 3.8) is 0 Å². The van der Waals surface area contributed by atoms with Gasteiger partial charge in [-0.05, 0) is 68.2 Å². The third kappa shape index (κ3) is 10.0. The molecule has 0 saturated carbocycles. The molecule has 3 heteroatoms. The number of hydrogen-bond acceptors (Lipinski definition) is 2. The Labute approximate surface area is 116 Å². The van der Waals surface area contributed by atoms with Gasteiger partial charge in [0.2, 0.25) is 0 Å². The average Bonchev–Trinajstić information content (AvgIpc) is 1.65. The Morgan fingerprint density at radius 3 is 1.47 bits per heavy atom. The maximum Gasteiger partial charge on any atom is 0.0609 e. The third-order valence-electron chi connectivity index (χ3n) is 2.41. The van der Waals surface area contributed by atoms with Crippen molar-refractivity contribution in [1.82, 2.24) is 5.32 Å². The van der Waals surface area contributed by atoms with Gasteiger partial charge >= 0.3 is 0 Å². The van der Waals surface area contributed by atoms with Gasteiger partial charge in [-0.15, -0.1) is 0 Å². The van der Waals surface area contributed by atoms with Crippen molar-refractivity contribution in [2.45, 2.75) is 89.2 Å². The van der Waals surface area contributed by atoms with Gasteiger partial charge in [0.05, 0.1) is 5.60 Å². The van der Waals surface area contributed by atoms with Crippen LogP contribution in [0.15, 0.2) is 0 Å². The highest BCUT2D eigenvalue weighted by molar-refractivity contribution is 9.10. The Kier molecular flexibility index (Phi) is 5.30. The van der Waals surface area contributed by atoms with Gasteiger partial charge in [0.15, 0.2) is 0 Å². The molecule has 0 radical (unpaired) electrons. The SMILES string of the molecule is CC(C)(O)CC(C)(C)NC(C)(C)CC(C)(C)Br. The van der Waals surface area contributed by atoms with Crippen LogP contribution in [0.2, 0.25) is 0 Å². The first-order chi connectivity index (χ1) is 7.12. The number of rotatable bonds is 6. The van der Waals surface area contributed by atoms with Gasteiger partial charge in [0, 0.05) is 15.4 Å². The molecule has 0 bridgehead atoms. The predicted molar refractivity (Wildman–Crippen MR) is 79.8 cm³/mol. The van der Waals surface area contributed by atoms with E-state index in [1.165, 1.54) is 0 Å². The molecule has 0 heterocycles. The Hall–Kier alpha value is 0.400. The van der Waals surface area contributed by atoms with Gasteiger partial charge in [-0.2, -0.15) is 0 Å². The smallest absolute Gasteiger partial charge is 0.0609 e. The first-order valence-corrected chi connectivity index (χ1v) is 7.12. The summed E-state index contributed by atoms with van der Waals surface area (Å²) in [6, 6.07) is 0. The van der Waals surface area contributed by atoms with Gasteiger partial charge in [0.1, 0.15) is 0 Å². The van der Waals surface area contributed by atoms with E-state index in [0.29, 0.717) is 0 Å². The van der Waals surface area contributed by atoms with E-state index in [2.05, 4.69) is 62.8 Å². The first kappa shape index (κ1) is 17.4. The minimum Gasteiger partial charge on any atom is -0.390 e. The van der Waals surface area contributed by atoms with E-state index >= 15 is 0 Å². The molecule has 0 amide bonds.